The molecule has 0 rings (SSSR count). The molecule has 4 heteroatoms. The van der Waals surface area contributed by atoms with Crippen molar-refractivity contribution in [3.8, 4) is 0 Å². The molecule has 0 aromatic carbocycles. The maximum absolute atomic E-state index is 12.3. The smallest absolute Gasteiger partial charge is 0.225 e. The molecule has 4 nitrogen and oxygen atoms in total. The Bertz CT molecular complexity index is 263. The van der Waals surface area contributed by atoms with E-state index in [4.69, 9.17) is 10.5 Å². The van der Waals surface area contributed by atoms with E-state index in [9.17, 15) is 4.79 Å². The number of carbonyl (C=O) groups is 1. The quantitative estimate of drug-likeness (QED) is 0.724. The Kier molecular flexibility index (Phi) is 6.86. The van der Waals surface area contributed by atoms with Crippen molar-refractivity contribution in [2.24, 2.45) is 11.1 Å². The van der Waals surface area contributed by atoms with Crippen molar-refractivity contribution in [2.75, 3.05) is 26.7 Å². The second-order valence-corrected chi connectivity index (χ2v) is 6.32. The largest absolute Gasteiger partial charge is 0.378 e. The van der Waals surface area contributed by atoms with E-state index in [1.54, 1.807) is 7.11 Å². The van der Waals surface area contributed by atoms with Crippen LogP contribution in [-0.2, 0) is 9.53 Å². The number of amides is 1. The number of hydrogen-bond acceptors (Lipinski definition) is 3. The molecule has 0 saturated carbocycles. The van der Waals surface area contributed by atoms with Gasteiger partial charge in [0.05, 0.1) is 12.0 Å². The van der Waals surface area contributed by atoms with Crippen LogP contribution < -0.4 is 5.73 Å². The van der Waals surface area contributed by atoms with Crippen molar-refractivity contribution in [3.05, 3.63) is 0 Å². The monoisotopic (exact) mass is 258 g/mol. The highest BCUT2D eigenvalue weighted by Crippen LogP contribution is 2.19. The Hall–Kier alpha value is -0.610. The van der Waals surface area contributed by atoms with Crippen LogP contribution in [0.2, 0.25) is 0 Å². The van der Waals surface area contributed by atoms with Crippen LogP contribution in [0.1, 0.15) is 47.5 Å². The number of nitrogens with zero attached hydrogens (tertiary/aromatic N) is 1. The van der Waals surface area contributed by atoms with Crippen molar-refractivity contribution in [2.45, 2.75) is 53.1 Å². The number of hydrogen-bond donors (Lipinski definition) is 1. The second kappa shape index (κ2) is 7.10. The van der Waals surface area contributed by atoms with Gasteiger partial charge in [0, 0.05) is 20.2 Å². The highest BCUT2D eigenvalue weighted by Gasteiger charge is 2.28. The lowest BCUT2D eigenvalue weighted by atomic mass is 9.92. The lowest BCUT2D eigenvalue weighted by Gasteiger charge is -2.34. The molecule has 1 amide bonds. The zero-order valence-corrected chi connectivity index (χ0v) is 12.9. The van der Waals surface area contributed by atoms with Gasteiger partial charge in [-0.25, -0.2) is 0 Å². The van der Waals surface area contributed by atoms with E-state index in [1.165, 1.54) is 0 Å². The number of ether oxygens (including phenoxy) is 1. The average Bonchev–Trinajstić information content (AvgIpc) is 2.28. The molecular formula is C14H30N2O2. The Morgan fingerprint density at radius 2 is 1.83 bits per heavy atom. The third-order valence-electron chi connectivity index (χ3n) is 3.15. The molecule has 0 bridgehead atoms. The molecule has 0 aromatic rings. The van der Waals surface area contributed by atoms with Gasteiger partial charge in [0.25, 0.3) is 0 Å². The molecule has 0 saturated heterocycles. The fraction of sp³-hybridized carbons (Fsp3) is 0.929. The summed E-state index contributed by atoms with van der Waals surface area (Å²) in [5.41, 5.74) is 5.30. The minimum absolute atomic E-state index is 0.0396. The minimum Gasteiger partial charge on any atom is -0.378 e. The Morgan fingerprint density at radius 1 is 1.28 bits per heavy atom. The third kappa shape index (κ3) is 6.36. The first-order valence-corrected chi connectivity index (χ1v) is 6.70. The van der Waals surface area contributed by atoms with Crippen LogP contribution >= 0.6 is 0 Å². The Labute approximate surface area is 112 Å². The number of nitrogens with two attached hydrogens (primary N) is 1. The summed E-state index contributed by atoms with van der Waals surface area (Å²) in [4.78, 5) is 14.2. The van der Waals surface area contributed by atoms with Crippen molar-refractivity contribution in [3.63, 3.8) is 0 Å². The molecule has 0 aliphatic carbocycles. The molecule has 0 radical (unpaired) electrons. The molecule has 2 N–H and O–H groups in total. The van der Waals surface area contributed by atoms with Gasteiger partial charge in [-0.3, -0.25) is 4.79 Å². The van der Waals surface area contributed by atoms with Crippen LogP contribution in [0.15, 0.2) is 0 Å². The molecule has 0 atom stereocenters. The summed E-state index contributed by atoms with van der Waals surface area (Å²) in [5.74, 6) is 0.144. The summed E-state index contributed by atoms with van der Waals surface area (Å²) >= 11 is 0. The number of rotatable bonds is 8. The standard InChI is InChI=1S/C14H30N2O2/c1-7-8-16(11-13(2,3)10-15)12(17)9-14(4,5)18-6/h7-11,15H2,1-6H3. The highest BCUT2D eigenvalue weighted by atomic mass is 16.5. The van der Waals surface area contributed by atoms with Gasteiger partial charge in [0.1, 0.15) is 0 Å². The molecule has 0 spiro atoms. The predicted molar refractivity (Wildman–Crippen MR) is 75.4 cm³/mol. The molecular weight excluding hydrogens is 228 g/mol. The fourth-order valence-electron chi connectivity index (χ4n) is 1.69. The summed E-state index contributed by atoms with van der Waals surface area (Å²) in [7, 11) is 1.64. The molecule has 0 aromatic heterocycles. The van der Waals surface area contributed by atoms with Crippen LogP contribution in [-0.4, -0.2) is 43.2 Å². The molecule has 108 valence electrons. The molecule has 18 heavy (non-hydrogen) atoms. The van der Waals surface area contributed by atoms with Crippen LogP contribution in [0.5, 0.6) is 0 Å². The van der Waals surface area contributed by atoms with E-state index in [0.29, 0.717) is 19.5 Å². The van der Waals surface area contributed by atoms with Gasteiger partial charge >= 0.3 is 0 Å². The van der Waals surface area contributed by atoms with E-state index < -0.39 is 5.60 Å². The number of methoxy groups -OCH3 is 1. The van der Waals surface area contributed by atoms with Gasteiger partial charge < -0.3 is 15.4 Å². The molecule has 0 fully saturated rings. The van der Waals surface area contributed by atoms with E-state index in [1.807, 2.05) is 18.7 Å². The number of carbonyl (C=O) groups excluding carboxylic acids is 1. The van der Waals surface area contributed by atoms with Crippen molar-refractivity contribution in [1.82, 2.24) is 4.90 Å². The SMILES string of the molecule is CCCN(CC(C)(C)CN)C(=O)CC(C)(C)OC. The normalized spacial score (nSPS) is 12.6. The Balaban J connectivity index is 4.64. The maximum Gasteiger partial charge on any atom is 0.225 e. The van der Waals surface area contributed by atoms with E-state index in [0.717, 1.165) is 13.0 Å². The summed E-state index contributed by atoms with van der Waals surface area (Å²) in [6.45, 7) is 12.2. The van der Waals surface area contributed by atoms with Crippen molar-refractivity contribution >= 4 is 5.91 Å². The molecule has 0 aliphatic rings. The van der Waals surface area contributed by atoms with Crippen LogP contribution in [0, 0.1) is 5.41 Å². The first-order valence-electron chi connectivity index (χ1n) is 6.70. The molecule has 0 unspecified atom stereocenters. The van der Waals surface area contributed by atoms with E-state index in [-0.39, 0.29) is 11.3 Å². The van der Waals surface area contributed by atoms with Gasteiger partial charge in [-0.2, -0.15) is 0 Å². The fourth-order valence-corrected chi connectivity index (χ4v) is 1.69. The highest BCUT2D eigenvalue weighted by molar-refractivity contribution is 5.77. The lowest BCUT2D eigenvalue weighted by Crippen LogP contribution is -2.44. The van der Waals surface area contributed by atoms with Crippen LogP contribution in [0.4, 0.5) is 0 Å². The molecule has 0 aliphatic heterocycles. The zero-order chi connectivity index (χ0) is 14.4. The minimum atomic E-state index is -0.407. The van der Waals surface area contributed by atoms with Crippen LogP contribution in [0.3, 0.4) is 0 Å². The van der Waals surface area contributed by atoms with Gasteiger partial charge in [-0.15, -0.1) is 0 Å². The van der Waals surface area contributed by atoms with Crippen LogP contribution in [0.25, 0.3) is 0 Å². The lowest BCUT2D eigenvalue weighted by molar-refractivity contribution is -0.137. The van der Waals surface area contributed by atoms with Crippen molar-refractivity contribution in [1.29, 1.82) is 0 Å². The van der Waals surface area contributed by atoms with Gasteiger partial charge in [0.15, 0.2) is 0 Å². The Morgan fingerprint density at radius 3 is 2.22 bits per heavy atom. The third-order valence-corrected chi connectivity index (χ3v) is 3.15. The van der Waals surface area contributed by atoms with Gasteiger partial charge in [0.2, 0.25) is 5.91 Å². The summed E-state index contributed by atoms with van der Waals surface area (Å²) in [5, 5.41) is 0. The predicted octanol–water partition coefficient (Wildman–Crippen LogP) is 2.02. The maximum atomic E-state index is 12.3. The van der Waals surface area contributed by atoms with Crippen molar-refractivity contribution < 1.29 is 9.53 Å². The summed E-state index contributed by atoms with van der Waals surface area (Å²) in [6.07, 6.45) is 1.37. The average molecular weight is 258 g/mol. The second-order valence-electron chi connectivity index (χ2n) is 6.32. The van der Waals surface area contributed by atoms with Gasteiger partial charge in [-0.05, 0) is 32.2 Å². The summed E-state index contributed by atoms with van der Waals surface area (Å²) < 4.78 is 5.32. The topological polar surface area (TPSA) is 55.6 Å². The summed E-state index contributed by atoms with van der Waals surface area (Å²) in [6, 6.07) is 0. The zero-order valence-electron chi connectivity index (χ0n) is 12.9. The van der Waals surface area contributed by atoms with Gasteiger partial charge in [-0.1, -0.05) is 20.8 Å². The molecule has 0 heterocycles. The van der Waals surface area contributed by atoms with E-state index >= 15 is 0 Å². The van der Waals surface area contributed by atoms with E-state index in [2.05, 4.69) is 20.8 Å². The first kappa shape index (κ1) is 17.4. The first-order chi connectivity index (χ1) is 8.17.